The molecule has 1 unspecified atom stereocenters. The first kappa shape index (κ1) is 14.1. The van der Waals surface area contributed by atoms with Crippen LogP contribution in [0, 0.1) is 0 Å². The number of alkyl halides is 3. The van der Waals surface area contributed by atoms with Crippen LogP contribution in [0.15, 0.2) is 18.2 Å². The Balaban J connectivity index is 3.23. The van der Waals surface area contributed by atoms with Crippen molar-refractivity contribution in [2.45, 2.75) is 31.7 Å². The highest BCUT2D eigenvalue weighted by molar-refractivity contribution is 9.10. The molecule has 1 atom stereocenters. The van der Waals surface area contributed by atoms with E-state index in [-0.39, 0.29) is 17.1 Å². The van der Waals surface area contributed by atoms with Crippen LogP contribution in [0.25, 0.3) is 0 Å². The summed E-state index contributed by atoms with van der Waals surface area (Å²) in [4.78, 5) is 11.4. The molecule has 1 rings (SSSR count). The Kier molecular flexibility index (Phi) is 5.05. The van der Waals surface area contributed by atoms with Crippen molar-refractivity contribution in [1.29, 1.82) is 0 Å². The molecule has 0 fully saturated rings. The van der Waals surface area contributed by atoms with Crippen molar-refractivity contribution in [2.75, 3.05) is 0 Å². The first-order chi connectivity index (χ1) is 7.97. The van der Waals surface area contributed by atoms with E-state index in [0.29, 0.717) is 12.0 Å². The summed E-state index contributed by atoms with van der Waals surface area (Å²) >= 11 is 3.13. The Morgan fingerprint density at radius 1 is 1.47 bits per heavy atom. The van der Waals surface area contributed by atoms with Crippen LogP contribution in [-0.2, 0) is 6.42 Å². The number of halogens is 3. The van der Waals surface area contributed by atoms with E-state index in [9.17, 15) is 13.6 Å². The van der Waals surface area contributed by atoms with Crippen LogP contribution in [0.3, 0.4) is 0 Å². The fourth-order valence-electron chi connectivity index (χ4n) is 1.50. The van der Waals surface area contributed by atoms with Crippen LogP contribution < -0.4 is 4.74 Å². The van der Waals surface area contributed by atoms with Gasteiger partial charge in [-0.15, -0.1) is 0 Å². The average Bonchev–Trinajstić information content (AvgIpc) is 2.27. The van der Waals surface area contributed by atoms with Crippen molar-refractivity contribution in [1.82, 2.24) is 0 Å². The molecule has 2 nitrogen and oxygen atoms in total. The lowest BCUT2D eigenvalue weighted by Crippen LogP contribution is -2.15. The van der Waals surface area contributed by atoms with Crippen LogP contribution in [0.4, 0.5) is 8.78 Å². The highest BCUT2D eigenvalue weighted by atomic mass is 79.9. The number of para-hydroxylation sites is 1. The summed E-state index contributed by atoms with van der Waals surface area (Å²) < 4.78 is 29.1. The predicted molar refractivity (Wildman–Crippen MR) is 65.2 cm³/mol. The number of benzene rings is 1. The minimum atomic E-state index is -2.93. The van der Waals surface area contributed by atoms with Crippen LogP contribution in [0.1, 0.15) is 29.8 Å². The zero-order valence-corrected chi connectivity index (χ0v) is 11.1. The van der Waals surface area contributed by atoms with Crippen LogP contribution in [0.2, 0.25) is 0 Å². The molecular formula is C12H13BrF2O2. The van der Waals surface area contributed by atoms with Gasteiger partial charge in [-0.3, -0.25) is 4.79 Å². The standard InChI is InChI=1S/C12H13BrF2O2/c1-3-8-5-4-6-9(10(16)7(2)13)11(8)17-12(14)15/h4-7,12H,3H2,1-2H3. The van der Waals surface area contributed by atoms with Crippen molar-refractivity contribution in [3.8, 4) is 5.75 Å². The van der Waals surface area contributed by atoms with Crippen LogP contribution >= 0.6 is 15.9 Å². The summed E-state index contributed by atoms with van der Waals surface area (Å²) in [6.45, 7) is 0.534. The van der Waals surface area contributed by atoms with Crippen molar-refractivity contribution in [3.05, 3.63) is 29.3 Å². The highest BCUT2D eigenvalue weighted by Gasteiger charge is 2.21. The normalized spacial score (nSPS) is 12.6. The number of ketones is 1. The molecule has 5 heteroatoms. The zero-order chi connectivity index (χ0) is 13.0. The summed E-state index contributed by atoms with van der Waals surface area (Å²) in [5.41, 5.74) is 0.790. The maximum Gasteiger partial charge on any atom is 0.387 e. The summed E-state index contributed by atoms with van der Waals surface area (Å²) in [6.07, 6.45) is 0.528. The Labute approximate surface area is 107 Å². The molecule has 0 amide bonds. The molecule has 17 heavy (non-hydrogen) atoms. The van der Waals surface area contributed by atoms with E-state index >= 15 is 0 Å². The van der Waals surface area contributed by atoms with E-state index in [1.807, 2.05) is 6.92 Å². The number of hydrogen-bond acceptors (Lipinski definition) is 2. The second-order valence-electron chi connectivity index (χ2n) is 3.51. The van der Waals surface area contributed by atoms with Gasteiger partial charge in [0.25, 0.3) is 0 Å². The molecule has 0 N–H and O–H groups in total. The average molecular weight is 307 g/mol. The molecule has 0 aliphatic rings. The Morgan fingerprint density at radius 3 is 2.59 bits per heavy atom. The third-order valence-corrected chi connectivity index (χ3v) is 2.73. The lowest BCUT2D eigenvalue weighted by Gasteiger charge is -2.14. The first-order valence-electron chi connectivity index (χ1n) is 5.22. The van der Waals surface area contributed by atoms with Gasteiger partial charge in [0.05, 0.1) is 10.4 Å². The molecule has 0 aromatic heterocycles. The summed E-state index contributed by atoms with van der Waals surface area (Å²) in [6, 6.07) is 4.84. The minimum absolute atomic E-state index is 0.0127. The second-order valence-corrected chi connectivity index (χ2v) is 4.88. The number of carbonyl (C=O) groups is 1. The molecule has 0 spiro atoms. The largest absolute Gasteiger partial charge is 0.434 e. The topological polar surface area (TPSA) is 26.3 Å². The molecule has 0 heterocycles. The van der Waals surface area contributed by atoms with Crippen molar-refractivity contribution >= 4 is 21.7 Å². The van der Waals surface area contributed by atoms with E-state index in [1.165, 1.54) is 6.07 Å². The van der Waals surface area contributed by atoms with E-state index in [1.54, 1.807) is 19.1 Å². The number of hydrogen-bond donors (Lipinski definition) is 0. The fourth-order valence-corrected chi connectivity index (χ4v) is 1.75. The van der Waals surface area contributed by atoms with Crippen molar-refractivity contribution in [2.24, 2.45) is 0 Å². The molecule has 0 aliphatic carbocycles. The highest BCUT2D eigenvalue weighted by Crippen LogP contribution is 2.28. The number of rotatable bonds is 5. The molecule has 0 saturated heterocycles. The molecular weight excluding hydrogens is 294 g/mol. The summed E-state index contributed by atoms with van der Waals surface area (Å²) in [5, 5.41) is 0. The lowest BCUT2D eigenvalue weighted by molar-refractivity contribution is -0.0507. The second kappa shape index (κ2) is 6.10. The van der Waals surface area contributed by atoms with Gasteiger partial charge < -0.3 is 4.74 Å². The third-order valence-electron chi connectivity index (χ3n) is 2.31. The van der Waals surface area contributed by atoms with Gasteiger partial charge in [-0.1, -0.05) is 35.0 Å². The number of carbonyl (C=O) groups excluding carboxylic acids is 1. The monoisotopic (exact) mass is 306 g/mol. The van der Waals surface area contributed by atoms with Gasteiger partial charge in [-0.25, -0.2) is 0 Å². The SMILES string of the molecule is CCc1cccc(C(=O)C(C)Br)c1OC(F)F. The summed E-state index contributed by atoms with van der Waals surface area (Å²) in [7, 11) is 0. The number of Topliss-reactive ketones (excluding diaryl/α,β-unsaturated/α-hetero) is 1. The Hall–Kier alpha value is -0.970. The molecule has 0 radical (unpaired) electrons. The molecule has 0 aliphatic heterocycles. The number of aryl methyl sites for hydroxylation is 1. The molecule has 0 bridgehead atoms. The van der Waals surface area contributed by atoms with E-state index in [0.717, 1.165) is 0 Å². The van der Waals surface area contributed by atoms with Crippen molar-refractivity contribution in [3.63, 3.8) is 0 Å². The van der Waals surface area contributed by atoms with E-state index < -0.39 is 11.4 Å². The van der Waals surface area contributed by atoms with Gasteiger partial charge in [0.2, 0.25) is 0 Å². The Morgan fingerprint density at radius 2 is 2.12 bits per heavy atom. The van der Waals surface area contributed by atoms with Gasteiger partial charge >= 0.3 is 6.61 Å². The smallest absolute Gasteiger partial charge is 0.387 e. The lowest BCUT2D eigenvalue weighted by atomic mass is 10.0. The van der Waals surface area contributed by atoms with Gasteiger partial charge in [0, 0.05) is 0 Å². The molecule has 94 valence electrons. The van der Waals surface area contributed by atoms with Crippen molar-refractivity contribution < 1.29 is 18.3 Å². The fraction of sp³-hybridized carbons (Fsp3) is 0.417. The van der Waals surface area contributed by atoms with Crippen LogP contribution in [0.5, 0.6) is 5.75 Å². The van der Waals surface area contributed by atoms with Crippen LogP contribution in [-0.4, -0.2) is 17.2 Å². The van der Waals surface area contributed by atoms with Gasteiger partial charge in [-0.2, -0.15) is 8.78 Å². The van der Waals surface area contributed by atoms with Gasteiger partial charge in [0.1, 0.15) is 5.75 Å². The molecule has 1 aromatic carbocycles. The minimum Gasteiger partial charge on any atom is -0.434 e. The summed E-state index contributed by atoms with van der Waals surface area (Å²) in [5.74, 6) is -0.280. The maximum atomic E-state index is 12.3. The van der Waals surface area contributed by atoms with Gasteiger partial charge in [0.15, 0.2) is 5.78 Å². The predicted octanol–water partition coefficient (Wildman–Crippen LogP) is 3.82. The Bertz CT molecular complexity index is 405. The quantitative estimate of drug-likeness (QED) is 0.610. The first-order valence-corrected chi connectivity index (χ1v) is 6.13. The van der Waals surface area contributed by atoms with E-state index in [2.05, 4.69) is 20.7 Å². The number of ether oxygens (including phenoxy) is 1. The third kappa shape index (κ3) is 3.49. The zero-order valence-electron chi connectivity index (χ0n) is 9.54. The van der Waals surface area contributed by atoms with E-state index in [4.69, 9.17) is 0 Å². The van der Waals surface area contributed by atoms with Gasteiger partial charge in [-0.05, 0) is 25.0 Å². The molecule has 0 saturated carbocycles. The molecule has 1 aromatic rings. The maximum absolute atomic E-state index is 12.3.